The molecule has 0 aliphatic carbocycles. The lowest BCUT2D eigenvalue weighted by Crippen LogP contribution is -2.15. The Labute approximate surface area is 168 Å². The first-order chi connectivity index (χ1) is 14.0. The van der Waals surface area contributed by atoms with Crippen LogP contribution >= 0.6 is 0 Å². The van der Waals surface area contributed by atoms with Crippen molar-refractivity contribution >= 4 is 17.3 Å². The van der Waals surface area contributed by atoms with Gasteiger partial charge in [0.05, 0.1) is 18.4 Å². The average Bonchev–Trinajstić information content (AvgIpc) is 2.73. The van der Waals surface area contributed by atoms with E-state index < -0.39 is 11.7 Å². The van der Waals surface area contributed by atoms with Gasteiger partial charge in [0.1, 0.15) is 11.6 Å². The molecule has 148 valence electrons. The lowest BCUT2D eigenvalue weighted by molar-refractivity contribution is 0.102. The molecule has 3 rings (SSSR count). The maximum atomic E-state index is 13.6. The molecule has 1 amide bonds. The zero-order chi connectivity index (χ0) is 20.8. The van der Waals surface area contributed by atoms with Crippen LogP contribution < -0.4 is 10.1 Å². The standard InChI is InChI=1S/C22H21FN4O2/c1-4-17(16-7-9-21(26-11-16)29-5-2)15-6-8-20(25-10-15)27-22(28)18-12-24-13-19(23)14(18)3/h4,6-13H,5H2,1-3H3,(H,25,27,28)/b17-4-. The number of amides is 1. The van der Waals surface area contributed by atoms with Gasteiger partial charge in [0.2, 0.25) is 5.88 Å². The normalized spacial score (nSPS) is 11.2. The van der Waals surface area contributed by atoms with Gasteiger partial charge in [-0.05, 0) is 44.5 Å². The first-order valence-electron chi connectivity index (χ1n) is 9.17. The Hall–Kier alpha value is -3.61. The van der Waals surface area contributed by atoms with E-state index in [1.807, 2.05) is 38.1 Å². The SMILES string of the molecule is C/C=C(/c1ccc(NC(=O)c2cncc(F)c2C)nc1)c1ccc(OCC)nc1. The molecular formula is C22H21FN4O2. The van der Waals surface area contributed by atoms with Gasteiger partial charge in [0, 0.05) is 41.3 Å². The number of aromatic nitrogens is 3. The summed E-state index contributed by atoms with van der Waals surface area (Å²) in [6, 6.07) is 7.30. The van der Waals surface area contributed by atoms with Crippen molar-refractivity contribution in [2.24, 2.45) is 0 Å². The van der Waals surface area contributed by atoms with Crippen molar-refractivity contribution < 1.29 is 13.9 Å². The molecule has 6 nitrogen and oxygen atoms in total. The van der Waals surface area contributed by atoms with E-state index in [9.17, 15) is 9.18 Å². The van der Waals surface area contributed by atoms with E-state index in [4.69, 9.17) is 4.74 Å². The molecule has 0 atom stereocenters. The molecule has 0 unspecified atom stereocenters. The zero-order valence-corrected chi connectivity index (χ0v) is 16.4. The van der Waals surface area contributed by atoms with E-state index in [1.165, 1.54) is 13.1 Å². The summed E-state index contributed by atoms with van der Waals surface area (Å²) in [7, 11) is 0. The fraction of sp³-hybridized carbons (Fsp3) is 0.182. The summed E-state index contributed by atoms with van der Waals surface area (Å²) < 4.78 is 19.0. The quantitative estimate of drug-likeness (QED) is 0.672. The van der Waals surface area contributed by atoms with Gasteiger partial charge in [0.25, 0.3) is 5.91 Å². The molecule has 3 aromatic heterocycles. The van der Waals surface area contributed by atoms with Gasteiger partial charge in [-0.1, -0.05) is 6.08 Å². The molecule has 0 aliphatic heterocycles. The minimum Gasteiger partial charge on any atom is -0.478 e. The molecule has 3 heterocycles. The molecule has 0 spiro atoms. The molecule has 3 aromatic rings. The number of halogens is 1. The highest BCUT2D eigenvalue weighted by molar-refractivity contribution is 6.04. The third-order valence-corrected chi connectivity index (χ3v) is 4.34. The Bertz CT molecular complexity index is 1030. The second-order valence-electron chi connectivity index (χ2n) is 6.20. The summed E-state index contributed by atoms with van der Waals surface area (Å²) in [6.07, 6.45) is 7.79. The van der Waals surface area contributed by atoms with Crippen molar-refractivity contribution in [1.29, 1.82) is 0 Å². The maximum absolute atomic E-state index is 13.6. The van der Waals surface area contributed by atoms with Crippen LogP contribution in [0.2, 0.25) is 0 Å². The van der Waals surface area contributed by atoms with Crippen LogP contribution in [0.3, 0.4) is 0 Å². The predicted octanol–water partition coefficient (Wildman–Crippen LogP) is 4.42. The molecule has 0 radical (unpaired) electrons. The monoisotopic (exact) mass is 392 g/mol. The fourth-order valence-electron chi connectivity index (χ4n) is 2.81. The van der Waals surface area contributed by atoms with E-state index in [1.54, 1.807) is 18.5 Å². The van der Waals surface area contributed by atoms with Crippen LogP contribution in [0.15, 0.2) is 55.1 Å². The molecule has 29 heavy (non-hydrogen) atoms. The molecule has 0 saturated heterocycles. The third kappa shape index (κ3) is 4.63. The summed E-state index contributed by atoms with van der Waals surface area (Å²) >= 11 is 0. The number of carbonyl (C=O) groups is 1. The van der Waals surface area contributed by atoms with Crippen molar-refractivity contribution in [3.05, 3.63) is 83.2 Å². The number of nitrogens with one attached hydrogen (secondary N) is 1. The van der Waals surface area contributed by atoms with Crippen molar-refractivity contribution in [1.82, 2.24) is 15.0 Å². The number of rotatable bonds is 6. The number of ether oxygens (including phenoxy) is 1. The molecular weight excluding hydrogens is 371 g/mol. The van der Waals surface area contributed by atoms with E-state index in [2.05, 4.69) is 20.3 Å². The first-order valence-corrected chi connectivity index (χ1v) is 9.17. The number of pyridine rings is 3. The van der Waals surface area contributed by atoms with Crippen molar-refractivity contribution in [2.45, 2.75) is 20.8 Å². The van der Waals surface area contributed by atoms with Crippen molar-refractivity contribution in [3.8, 4) is 5.88 Å². The molecule has 0 fully saturated rings. The summed E-state index contributed by atoms with van der Waals surface area (Å²) in [5, 5.41) is 2.67. The van der Waals surface area contributed by atoms with Crippen LogP contribution in [-0.2, 0) is 0 Å². The number of hydrogen-bond donors (Lipinski definition) is 1. The van der Waals surface area contributed by atoms with Gasteiger partial charge in [-0.15, -0.1) is 0 Å². The predicted molar refractivity (Wildman–Crippen MR) is 109 cm³/mol. The van der Waals surface area contributed by atoms with Crippen LogP contribution in [0, 0.1) is 12.7 Å². The van der Waals surface area contributed by atoms with Gasteiger partial charge in [-0.2, -0.15) is 0 Å². The number of allylic oxidation sites excluding steroid dienone is 1. The maximum Gasteiger partial charge on any atom is 0.258 e. The number of carbonyl (C=O) groups excluding carboxylic acids is 1. The molecule has 0 aliphatic rings. The van der Waals surface area contributed by atoms with Crippen LogP contribution in [0.5, 0.6) is 5.88 Å². The van der Waals surface area contributed by atoms with E-state index >= 15 is 0 Å². The lowest BCUT2D eigenvalue weighted by atomic mass is 10.0. The van der Waals surface area contributed by atoms with E-state index in [0.29, 0.717) is 18.3 Å². The van der Waals surface area contributed by atoms with Crippen molar-refractivity contribution in [3.63, 3.8) is 0 Å². The zero-order valence-electron chi connectivity index (χ0n) is 16.4. The van der Waals surface area contributed by atoms with E-state index in [-0.39, 0.29) is 11.1 Å². The molecule has 1 N–H and O–H groups in total. The second-order valence-corrected chi connectivity index (χ2v) is 6.20. The van der Waals surface area contributed by atoms with Crippen molar-refractivity contribution in [2.75, 3.05) is 11.9 Å². The van der Waals surface area contributed by atoms with E-state index in [0.717, 1.165) is 22.9 Å². The largest absolute Gasteiger partial charge is 0.478 e. The lowest BCUT2D eigenvalue weighted by Gasteiger charge is -2.10. The van der Waals surface area contributed by atoms with Gasteiger partial charge in [-0.25, -0.2) is 14.4 Å². The number of nitrogens with zero attached hydrogens (tertiary/aromatic N) is 3. The summed E-state index contributed by atoms with van der Waals surface area (Å²) in [4.78, 5) is 24.7. The van der Waals surface area contributed by atoms with Crippen LogP contribution in [0.25, 0.3) is 5.57 Å². The topological polar surface area (TPSA) is 77.0 Å². The fourth-order valence-corrected chi connectivity index (χ4v) is 2.81. The first kappa shape index (κ1) is 20.1. The Morgan fingerprint density at radius 3 is 2.41 bits per heavy atom. The summed E-state index contributed by atoms with van der Waals surface area (Å²) in [5.41, 5.74) is 3.17. The third-order valence-electron chi connectivity index (χ3n) is 4.34. The highest BCUT2D eigenvalue weighted by Gasteiger charge is 2.14. The Balaban J connectivity index is 1.76. The van der Waals surface area contributed by atoms with Crippen LogP contribution in [-0.4, -0.2) is 27.5 Å². The highest BCUT2D eigenvalue weighted by atomic mass is 19.1. The second kappa shape index (κ2) is 9.05. The van der Waals surface area contributed by atoms with Crippen LogP contribution in [0.4, 0.5) is 10.2 Å². The Morgan fingerprint density at radius 2 is 1.83 bits per heavy atom. The van der Waals surface area contributed by atoms with Crippen LogP contribution in [0.1, 0.15) is 40.9 Å². The Kier molecular flexibility index (Phi) is 6.29. The summed E-state index contributed by atoms with van der Waals surface area (Å²) in [5.74, 6) is -0.0490. The van der Waals surface area contributed by atoms with Gasteiger partial charge in [-0.3, -0.25) is 9.78 Å². The average molecular weight is 392 g/mol. The number of anilines is 1. The molecule has 0 bridgehead atoms. The van der Waals surface area contributed by atoms with Gasteiger partial charge < -0.3 is 10.1 Å². The highest BCUT2D eigenvalue weighted by Crippen LogP contribution is 2.24. The number of hydrogen-bond acceptors (Lipinski definition) is 5. The van der Waals surface area contributed by atoms with Gasteiger partial charge in [0.15, 0.2) is 0 Å². The molecule has 0 saturated carbocycles. The van der Waals surface area contributed by atoms with Gasteiger partial charge >= 0.3 is 0 Å². The minimum atomic E-state index is -0.525. The minimum absolute atomic E-state index is 0.172. The smallest absolute Gasteiger partial charge is 0.258 e. The molecule has 7 heteroatoms. The molecule has 0 aromatic carbocycles. The summed E-state index contributed by atoms with van der Waals surface area (Å²) in [6.45, 7) is 5.93. The Morgan fingerprint density at radius 1 is 1.10 bits per heavy atom.